The fourth-order valence-electron chi connectivity index (χ4n) is 4.77. The van der Waals surface area contributed by atoms with Gasteiger partial charge in [0.2, 0.25) is 5.88 Å². The average molecular weight is 472 g/mol. The van der Waals surface area contributed by atoms with E-state index in [0.29, 0.717) is 36.0 Å². The third kappa shape index (κ3) is 2.97. The van der Waals surface area contributed by atoms with Gasteiger partial charge >= 0.3 is 6.18 Å². The number of nitrogens with zero attached hydrogens (tertiary/aromatic N) is 5. The number of benzene rings is 1. The van der Waals surface area contributed by atoms with Crippen LogP contribution in [-0.4, -0.2) is 42.8 Å². The summed E-state index contributed by atoms with van der Waals surface area (Å²) >= 11 is 0. The summed E-state index contributed by atoms with van der Waals surface area (Å²) < 4.78 is 61.7. The van der Waals surface area contributed by atoms with E-state index in [1.54, 1.807) is 4.40 Å². The van der Waals surface area contributed by atoms with E-state index in [2.05, 4.69) is 15.0 Å². The van der Waals surface area contributed by atoms with Gasteiger partial charge in [0.1, 0.15) is 28.9 Å². The number of amides is 1. The number of aromatic nitrogens is 4. The molecule has 1 saturated heterocycles. The Bertz CT molecular complexity index is 1480. The van der Waals surface area contributed by atoms with E-state index < -0.39 is 35.7 Å². The number of imidazole rings is 1. The number of fused-ring (bicyclic) bond motifs is 6. The molecule has 2 aliphatic rings. The first-order valence-corrected chi connectivity index (χ1v) is 10.5. The Morgan fingerprint density at radius 1 is 1.18 bits per heavy atom. The first-order chi connectivity index (χ1) is 16.2. The number of likely N-dealkylation sites (tertiary alicyclic amines) is 1. The number of ether oxygens (including phenoxy) is 1. The normalized spacial score (nSPS) is 19.8. The van der Waals surface area contributed by atoms with Crippen molar-refractivity contribution in [2.75, 3.05) is 12.3 Å². The SMILES string of the molecule is Nc1nc2cc(F)c(C(=O)N3CCC[C@@H]4Oc5nc(C(F)(F)F)ccc5[C@@H]43)cc2n2cncc12. The Morgan fingerprint density at radius 2 is 2.00 bits per heavy atom. The van der Waals surface area contributed by atoms with Crippen molar-refractivity contribution in [1.29, 1.82) is 0 Å². The Hall–Kier alpha value is -3.96. The molecule has 0 saturated carbocycles. The summed E-state index contributed by atoms with van der Waals surface area (Å²) in [5, 5.41) is 0. The Morgan fingerprint density at radius 3 is 2.79 bits per heavy atom. The molecule has 0 aliphatic carbocycles. The number of pyridine rings is 1. The highest BCUT2D eigenvalue weighted by Crippen LogP contribution is 2.45. The molecular formula is C22H16F4N6O2. The number of carbonyl (C=O) groups is 1. The van der Waals surface area contributed by atoms with Gasteiger partial charge in [0.15, 0.2) is 0 Å². The maximum absolute atomic E-state index is 15.1. The molecule has 1 amide bonds. The van der Waals surface area contributed by atoms with Crippen molar-refractivity contribution in [2.24, 2.45) is 0 Å². The minimum atomic E-state index is -4.62. The van der Waals surface area contributed by atoms with Gasteiger partial charge in [-0.25, -0.2) is 19.3 Å². The molecule has 0 radical (unpaired) electrons. The summed E-state index contributed by atoms with van der Waals surface area (Å²) in [6.07, 6.45) is -1.10. The van der Waals surface area contributed by atoms with Crippen LogP contribution in [0, 0.1) is 5.82 Å². The summed E-state index contributed by atoms with van der Waals surface area (Å²) in [7, 11) is 0. The molecule has 0 bridgehead atoms. The molecule has 2 aliphatic heterocycles. The van der Waals surface area contributed by atoms with Gasteiger partial charge in [-0.2, -0.15) is 13.2 Å². The van der Waals surface area contributed by atoms with E-state index in [4.69, 9.17) is 10.5 Å². The molecule has 6 rings (SSSR count). The Labute approximate surface area is 189 Å². The molecule has 1 fully saturated rings. The third-order valence-electron chi connectivity index (χ3n) is 6.29. The van der Waals surface area contributed by atoms with Crippen molar-refractivity contribution >= 4 is 28.3 Å². The number of alkyl halides is 3. The zero-order chi connectivity index (χ0) is 23.8. The van der Waals surface area contributed by atoms with E-state index >= 15 is 4.39 Å². The van der Waals surface area contributed by atoms with Crippen LogP contribution in [0.4, 0.5) is 23.4 Å². The van der Waals surface area contributed by atoms with Crippen LogP contribution in [-0.2, 0) is 6.18 Å². The summed E-state index contributed by atoms with van der Waals surface area (Å²) in [4.78, 5) is 26.8. The molecule has 8 nitrogen and oxygen atoms in total. The number of piperidine rings is 1. The predicted octanol–water partition coefficient (Wildman–Crippen LogP) is 3.76. The first kappa shape index (κ1) is 20.6. The number of halogens is 4. The molecule has 3 aromatic heterocycles. The van der Waals surface area contributed by atoms with Gasteiger partial charge in [-0.1, -0.05) is 0 Å². The highest BCUT2D eigenvalue weighted by atomic mass is 19.4. The number of hydrogen-bond acceptors (Lipinski definition) is 6. The van der Waals surface area contributed by atoms with E-state index in [1.807, 2.05) is 0 Å². The minimum absolute atomic E-state index is 0.150. The quantitative estimate of drug-likeness (QED) is 0.424. The maximum atomic E-state index is 15.1. The van der Waals surface area contributed by atoms with E-state index in [-0.39, 0.29) is 22.8 Å². The highest BCUT2D eigenvalue weighted by Gasteiger charge is 2.45. The number of carbonyl (C=O) groups excluding carboxylic acids is 1. The van der Waals surface area contributed by atoms with Crippen LogP contribution in [0.1, 0.15) is 40.5 Å². The lowest BCUT2D eigenvalue weighted by atomic mass is 9.94. The van der Waals surface area contributed by atoms with Crippen molar-refractivity contribution in [3.8, 4) is 5.88 Å². The molecule has 0 unspecified atom stereocenters. The fraction of sp³-hybridized carbons (Fsp3) is 0.273. The molecule has 5 heterocycles. The van der Waals surface area contributed by atoms with Crippen molar-refractivity contribution < 1.29 is 27.1 Å². The van der Waals surface area contributed by atoms with Crippen molar-refractivity contribution in [1.82, 2.24) is 24.3 Å². The average Bonchev–Trinajstić information content (AvgIpc) is 3.42. The van der Waals surface area contributed by atoms with E-state index in [1.165, 1.54) is 29.6 Å². The van der Waals surface area contributed by atoms with Crippen LogP contribution in [0.5, 0.6) is 5.88 Å². The van der Waals surface area contributed by atoms with Crippen LogP contribution < -0.4 is 10.5 Å². The second-order valence-electron chi connectivity index (χ2n) is 8.30. The maximum Gasteiger partial charge on any atom is 0.433 e. The van der Waals surface area contributed by atoms with Gasteiger partial charge in [0, 0.05) is 18.2 Å². The third-order valence-corrected chi connectivity index (χ3v) is 6.29. The van der Waals surface area contributed by atoms with Crippen LogP contribution in [0.2, 0.25) is 0 Å². The monoisotopic (exact) mass is 472 g/mol. The summed E-state index contributed by atoms with van der Waals surface area (Å²) in [5.41, 5.74) is 6.24. The summed E-state index contributed by atoms with van der Waals surface area (Å²) in [6, 6.07) is 4.00. The van der Waals surface area contributed by atoms with Crippen molar-refractivity contribution in [3.05, 3.63) is 59.4 Å². The molecule has 12 heteroatoms. The summed E-state index contributed by atoms with van der Waals surface area (Å²) in [5.74, 6) is -1.36. The largest absolute Gasteiger partial charge is 0.472 e. The number of anilines is 1. The topological polar surface area (TPSA) is 98.6 Å². The van der Waals surface area contributed by atoms with E-state index in [0.717, 1.165) is 12.1 Å². The molecule has 174 valence electrons. The smallest absolute Gasteiger partial charge is 0.433 e. The molecule has 1 aromatic carbocycles. The lowest BCUT2D eigenvalue weighted by Crippen LogP contribution is -2.44. The molecule has 0 spiro atoms. The lowest BCUT2D eigenvalue weighted by Gasteiger charge is -2.36. The van der Waals surface area contributed by atoms with Crippen LogP contribution in [0.3, 0.4) is 0 Å². The zero-order valence-corrected chi connectivity index (χ0v) is 17.4. The fourth-order valence-corrected chi connectivity index (χ4v) is 4.77. The Kier molecular flexibility index (Phi) is 4.26. The van der Waals surface area contributed by atoms with Gasteiger partial charge in [-0.15, -0.1) is 0 Å². The van der Waals surface area contributed by atoms with Gasteiger partial charge < -0.3 is 15.4 Å². The van der Waals surface area contributed by atoms with Crippen molar-refractivity contribution in [2.45, 2.75) is 31.2 Å². The van der Waals surface area contributed by atoms with Gasteiger partial charge in [-0.3, -0.25) is 9.20 Å². The van der Waals surface area contributed by atoms with Gasteiger partial charge in [0.05, 0.1) is 35.2 Å². The standard InChI is InChI=1S/C22H16F4N6O2/c23-12-7-13-14(32-9-28-8-15(32)19(27)29-13)6-11(12)21(33)31-5-1-2-16-18(31)10-3-4-17(22(24,25)26)30-20(10)34-16/h3-4,6-9,16,18H,1-2,5H2,(H2,27,29)/t16-,18-/m0/s1. The second kappa shape index (κ2) is 7.02. The molecule has 2 N–H and O–H groups in total. The van der Waals surface area contributed by atoms with Crippen LogP contribution in [0.15, 0.2) is 36.8 Å². The second-order valence-corrected chi connectivity index (χ2v) is 8.30. The highest BCUT2D eigenvalue weighted by molar-refractivity contribution is 5.99. The van der Waals surface area contributed by atoms with Crippen LogP contribution in [0.25, 0.3) is 16.6 Å². The number of hydrogen-bond donors (Lipinski definition) is 1. The molecular weight excluding hydrogens is 456 g/mol. The number of nitrogens with two attached hydrogens (primary N) is 1. The van der Waals surface area contributed by atoms with Crippen molar-refractivity contribution in [3.63, 3.8) is 0 Å². The van der Waals surface area contributed by atoms with E-state index in [9.17, 15) is 18.0 Å². The number of rotatable bonds is 1. The number of nitrogen functional groups attached to an aromatic ring is 1. The van der Waals surface area contributed by atoms with Crippen LogP contribution >= 0.6 is 0 Å². The molecule has 4 aromatic rings. The zero-order valence-electron chi connectivity index (χ0n) is 17.4. The van der Waals surface area contributed by atoms with Gasteiger partial charge in [0.25, 0.3) is 5.91 Å². The molecule has 34 heavy (non-hydrogen) atoms. The minimum Gasteiger partial charge on any atom is -0.472 e. The summed E-state index contributed by atoms with van der Waals surface area (Å²) in [6.45, 7) is 0.293. The molecule has 2 atom stereocenters. The Balaban J connectivity index is 1.43. The first-order valence-electron chi connectivity index (χ1n) is 10.5. The van der Waals surface area contributed by atoms with Gasteiger partial charge in [-0.05, 0) is 31.0 Å². The lowest BCUT2D eigenvalue weighted by molar-refractivity contribution is -0.141. The predicted molar refractivity (Wildman–Crippen MR) is 112 cm³/mol.